The molecule has 1 fully saturated rings. The Morgan fingerprint density at radius 1 is 1.04 bits per heavy atom. The third-order valence-electron chi connectivity index (χ3n) is 4.96. The molecule has 1 saturated heterocycles. The molecule has 1 aromatic rings. The summed E-state index contributed by atoms with van der Waals surface area (Å²) in [5, 5.41) is -1.31. The van der Waals surface area contributed by atoms with E-state index in [2.05, 4.69) is 0 Å². The summed E-state index contributed by atoms with van der Waals surface area (Å²) in [7, 11) is -4.04. The molecule has 0 aliphatic carbocycles. The molecule has 7 heteroatoms. The zero-order chi connectivity index (χ0) is 19.8. The van der Waals surface area contributed by atoms with Crippen LogP contribution in [0.1, 0.15) is 43.6 Å². The second-order valence-electron chi connectivity index (χ2n) is 7.37. The Morgan fingerprint density at radius 3 is 1.92 bits per heavy atom. The summed E-state index contributed by atoms with van der Waals surface area (Å²) in [6.07, 6.45) is 0. The molecule has 0 radical (unpaired) electrons. The van der Waals surface area contributed by atoms with Crippen molar-refractivity contribution in [1.29, 1.82) is 0 Å². The van der Waals surface area contributed by atoms with Gasteiger partial charge in [0.05, 0.1) is 0 Å². The van der Waals surface area contributed by atoms with Gasteiger partial charge in [0.1, 0.15) is 11.1 Å². The lowest BCUT2D eigenvalue weighted by Crippen LogP contribution is -2.44. The van der Waals surface area contributed by atoms with E-state index in [-0.39, 0.29) is 0 Å². The van der Waals surface area contributed by atoms with Crippen molar-refractivity contribution < 1.29 is 22.8 Å². The third-order valence-corrected chi connectivity index (χ3v) is 7.11. The maximum absolute atomic E-state index is 12.9. The molecule has 0 bridgehead atoms. The van der Waals surface area contributed by atoms with Crippen molar-refractivity contribution >= 4 is 27.4 Å². The number of hydrogen-bond donors (Lipinski definition) is 0. The minimum Gasteiger partial charge on any atom is -0.293 e. The first-order chi connectivity index (χ1) is 12.0. The number of likely N-dealkylation sites (tertiary alicyclic amines) is 1. The fraction of sp³-hybridized carbons (Fsp3) is 0.526. The van der Waals surface area contributed by atoms with E-state index in [1.807, 2.05) is 6.92 Å². The second kappa shape index (κ2) is 7.31. The minimum absolute atomic E-state index is 0.304. The number of benzene rings is 1. The van der Waals surface area contributed by atoms with Crippen molar-refractivity contribution in [3.8, 4) is 0 Å². The van der Waals surface area contributed by atoms with Gasteiger partial charge in [0.25, 0.3) is 0 Å². The number of Topliss-reactive ketones (excluding diaryl/α,β-unsaturated/α-hetero) is 1. The van der Waals surface area contributed by atoms with Gasteiger partial charge in [-0.2, -0.15) is 0 Å². The molecule has 0 aromatic heterocycles. The average molecular weight is 379 g/mol. The maximum atomic E-state index is 12.9. The molecule has 6 nitrogen and oxygen atoms in total. The summed E-state index contributed by atoms with van der Waals surface area (Å²) in [5.41, 5.74) is 1.26. The maximum Gasteiger partial charge on any atom is 0.233 e. The Bertz CT molecular complexity index is 806. The number of sulfone groups is 1. The van der Waals surface area contributed by atoms with E-state index in [0.717, 1.165) is 10.5 Å². The number of carbonyl (C=O) groups excluding carboxylic acids is 3. The number of ketones is 1. The van der Waals surface area contributed by atoms with Crippen molar-refractivity contribution in [2.45, 2.75) is 39.9 Å². The first kappa shape index (κ1) is 20.3. The first-order valence-corrected chi connectivity index (χ1v) is 10.4. The number of amides is 2. The van der Waals surface area contributed by atoms with E-state index in [0.29, 0.717) is 5.56 Å². The van der Waals surface area contributed by atoms with Crippen molar-refractivity contribution in [3.05, 3.63) is 35.4 Å². The van der Waals surface area contributed by atoms with Gasteiger partial charge >= 0.3 is 0 Å². The van der Waals surface area contributed by atoms with Crippen LogP contribution in [0.25, 0.3) is 0 Å². The van der Waals surface area contributed by atoms with E-state index >= 15 is 0 Å². The molecule has 1 aromatic carbocycles. The molecule has 1 heterocycles. The van der Waals surface area contributed by atoms with E-state index in [9.17, 15) is 22.8 Å². The number of nitrogens with zero attached hydrogens (tertiary/aromatic N) is 1. The molecule has 1 aliphatic heterocycles. The summed E-state index contributed by atoms with van der Waals surface area (Å²) in [6, 6.07) is 6.68. The predicted octanol–water partition coefficient (Wildman–Crippen LogP) is 2.22. The van der Waals surface area contributed by atoms with Crippen molar-refractivity contribution in [2.75, 3.05) is 5.88 Å². The molecule has 0 saturated carbocycles. The molecule has 3 unspecified atom stereocenters. The van der Waals surface area contributed by atoms with Crippen LogP contribution in [0.4, 0.5) is 0 Å². The van der Waals surface area contributed by atoms with Crippen LogP contribution in [0, 0.1) is 24.7 Å². The van der Waals surface area contributed by atoms with Crippen LogP contribution in [0.15, 0.2) is 24.3 Å². The van der Waals surface area contributed by atoms with Crippen LogP contribution in [0.3, 0.4) is 0 Å². The Hall–Kier alpha value is -2.02. The first-order valence-electron chi connectivity index (χ1n) is 8.65. The SMILES string of the molecule is Cc1ccc(C(=O)C(C(C)C)S(=O)(=O)CN2C(=O)C(C)C(C)C2=O)cc1. The van der Waals surface area contributed by atoms with E-state index < -0.39 is 56.3 Å². The lowest BCUT2D eigenvalue weighted by Gasteiger charge is -2.23. The second-order valence-corrected chi connectivity index (χ2v) is 9.46. The number of rotatable bonds is 6. The molecule has 0 spiro atoms. The summed E-state index contributed by atoms with van der Waals surface area (Å²) in [4.78, 5) is 38.1. The van der Waals surface area contributed by atoms with Crippen LogP contribution >= 0.6 is 0 Å². The van der Waals surface area contributed by atoms with Gasteiger partial charge in [-0.15, -0.1) is 0 Å². The molecule has 2 amide bonds. The summed E-state index contributed by atoms with van der Waals surface area (Å²) in [6.45, 7) is 8.38. The number of aryl methyl sites for hydroxylation is 1. The zero-order valence-corrected chi connectivity index (χ0v) is 16.5. The number of imide groups is 1. The highest BCUT2D eigenvalue weighted by atomic mass is 32.2. The fourth-order valence-electron chi connectivity index (χ4n) is 3.18. The lowest BCUT2D eigenvalue weighted by molar-refractivity contribution is -0.138. The average Bonchev–Trinajstić information content (AvgIpc) is 2.72. The highest BCUT2D eigenvalue weighted by molar-refractivity contribution is 7.92. The van der Waals surface area contributed by atoms with E-state index in [4.69, 9.17) is 0 Å². The van der Waals surface area contributed by atoms with Gasteiger partial charge < -0.3 is 0 Å². The molecule has 2 rings (SSSR count). The van der Waals surface area contributed by atoms with Crippen molar-refractivity contribution in [3.63, 3.8) is 0 Å². The smallest absolute Gasteiger partial charge is 0.233 e. The highest BCUT2D eigenvalue weighted by Gasteiger charge is 2.46. The topological polar surface area (TPSA) is 88.6 Å². The molecule has 26 heavy (non-hydrogen) atoms. The van der Waals surface area contributed by atoms with Crippen LogP contribution < -0.4 is 0 Å². The molecular formula is C19H25NO5S. The van der Waals surface area contributed by atoms with Crippen LogP contribution in [-0.2, 0) is 19.4 Å². The highest BCUT2D eigenvalue weighted by Crippen LogP contribution is 2.28. The largest absolute Gasteiger partial charge is 0.293 e. The van der Waals surface area contributed by atoms with Crippen LogP contribution in [0.2, 0.25) is 0 Å². The van der Waals surface area contributed by atoms with Gasteiger partial charge in [0.2, 0.25) is 11.8 Å². The molecule has 142 valence electrons. The standard InChI is InChI=1S/C19H25NO5S/c1-11(2)17(16(21)15-8-6-12(3)7-9-15)26(24,25)10-20-18(22)13(4)14(5)19(20)23/h6-9,11,13-14,17H,10H2,1-5H3. The summed E-state index contributed by atoms with van der Waals surface area (Å²) < 4.78 is 25.9. The van der Waals surface area contributed by atoms with E-state index in [1.165, 1.54) is 0 Å². The molecule has 0 N–H and O–H groups in total. The monoisotopic (exact) mass is 379 g/mol. The van der Waals surface area contributed by atoms with Gasteiger partial charge in [-0.1, -0.05) is 57.5 Å². The summed E-state index contributed by atoms with van der Waals surface area (Å²) in [5.74, 6) is -3.87. The Morgan fingerprint density at radius 2 is 1.50 bits per heavy atom. The van der Waals surface area contributed by atoms with Gasteiger partial charge in [-0.05, 0) is 12.8 Å². The lowest BCUT2D eigenvalue weighted by atomic mass is 10.00. The Balaban J connectivity index is 2.34. The Kier molecular flexibility index (Phi) is 5.70. The molecular weight excluding hydrogens is 354 g/mol. The third kappa shape index (κ3) is 3.72. The van der Waals surface area contributed by atoms with E-state index in [1.54, 1.807) is 52.0 Å². The van der Waals surface area contributed by atoms with Gasteiger partial charge in [-0.3, -0.25) is 19.3 Å². The van der Waals surface area contributed by atoms with Gasteiger partial charge in [-0.25, -0.2) is 8.42 Å². The van der Waals surface area contributed by atoms with Crippen LogP contribution in [0.5, 0.6) is 0 Å². The van der Waals surface area contributed by atoms with Crippen LogP contribution in [-0.4, -0.2) is 42.0 Å². The summed E-state index contributed by atoms with van der Waals surface area (Å²) >= 11 is 0. The number of carbonyl (C=O) groups is 3. The minimum atomic E-state index is -4.04. The van der Waals surface area contributed by atoms with Crippen molar-refractivity contribution in [2.24, 2.45) is 17.8 Å². The molecule has 1 aliphatic rings. The van der Waals surface area contributed by atoms with Gasteiger partial charge in [0, 0.05) is 17.4 Å². The molecule has 3 atom stereocenters. The van der Waals surface area contributed by atoms with Crippen molar-refractivity contribution in [1.82, 2.24) is 4.90 Å². The zero-order valence-electron chi connectivity index (χ0n) is 15.7. The normalized spacial score (nSPS) is 22.2. The Labute approximate surface area is 154 Å². The predicted molar refractivity (Wildman–Crippen MR) is 98.1 cm³/mol. The van der Waals surface area contributed by atoms with Gasteiger partial charge in [0.15, 0.2) is 15.6 Å². The fourth-order valence-corrected chi connectivity index (χ4v) is 5.24. The number of hydrogen-bond acceptors (Lipinski definition) is 5. The quantitative estimate of drug-likeness (QED) is 0.558.